The Hall–Kier alpha value is -2.25. The quantitative estimate of drug-likeness (QED) is 0.315. The summed E-state index contributed by atoms with van der Waals surface area (Å²) < 4.78 is 229. The number of alkyl halides is 17. The number of halogens is 17. The molecule has 2 N–H and O–H groups in total. The Morgan fingerprint density at radius 2 is 0.842 bits per heavy atom. The van der Waals surface area contributed by atoms with Crippen molar-refractivity contribution in [2.75, 3.05) is 0 Å². The first-order valence-corrected chi connectivity index (χ1v) is 9.65. The summed E-state index contributed by atoms with van der Waals surface area (Å²) in [5.41, 5.74) is 0. The smallest absolute Gasteiger partial charge is 0.460 e. The lowest BCUT2D eigenvalue weighted by atomic mass is 9.69. The van der Waals surface area contributed by atoms with Gasteiger partial charge in [0.2, 0.25) is 0 Å². The van der Waals surface area contributed by atoms with E-state index in [1.807, 2.05) is 0 Å². The second-order valence-electron chi connectivity index (χ2n) is 8.80. The Labute approximate surface area is 197 Å². The number of hydrogen-bond donors (Lipinski definition) is 2. The Morgan fingerprint density at radius 1 is 0.500 bits per heavy atom. The summed E-state index contributed by atoms with van der Waals surface area (Å²) in [6, 6.07) is 0. The number of aliphatic carboxylic acids is 2. The maximum Gasteiger partial charge on any atom is 0.460 e. The van der Waals surface area contributed by atoms with Gasteiger partial charge in [0, 0.05) is 5.92 Å². The van der Waals surface area contributed by atoms with Crippen LogP contribution in [0.4, 0.5) is 74.6 Å². The van der Waals surface area contributed by atoms with Gasteiger partial charge in [-0.25, -0.2) is 0 Å². The number of fused-ring (bicyclic) bond motifs is 2. The Kier molecular flexibility index (Phi) is 7.04. The van der Waals surface area contributed by atoms with Crippen LogP contribution < -0.4 is 0 Å². The van der Waals surface area contributed by atoms with Crippen molar-refractivity contribution in [1.29, 1.82) is 0 Å². The normalized spacial score (nSPS) is 28.1. The van der Waals surface area contributed by atoms with Gasteiger partial charge < -0.3 is 10.2 Å². The lowest BCUT2D eigenvalue weighted by molar-refractivity contribution is -0.464. The minimum Gasteiger partial charge on any atom is -0.481 e. The molecule has 0 spiro atoms. The molecule has 2 aliphatic carbocycles. The lowest BCUT2D eigenvalue weighted by Crippen LogP contribution is -2.75. The van der Waals surface area contributed by atoms with Gasteiger partial charge in [-0.1, -0.05) is 0 Å². The topological polar surface area (TPSA) is 74.6 Å². The van der Waals surface area contributed by atoms with E-state index in [4.69, 9.17) is 10.2 Å². The highest BCUT2D eigenvalue weighted by Gasteiger charge is 2.95. The van der Waals surface area contributed by atoms with Crippen LogP contribution in [0.15, 0.2) is 0 Å². The standard InChI is InChI=1S/C17H11F17O4/c18-10(19,5-2-3-1-4(5)7(9(37)38)6(3)8(35)36)11(20,21)12(22,23)13(24,25)14(26,27)15(28,29)16(30,31)17(32,33)34/h3-7H,1-2H2,(H,35,36)(H,37,38). The summed E-state index contributed by atoms with van der Waals surface area (Å²) in [5, 5.41) is 18.1. The van der Waals surface area contributed by atoms with Gasteiger partial charge in [0.25, 0.3) is 0 Å². The second-order valence-corrected chi connectivity index (χ2v) is 8.80. The molecular weight excluding hydrogens is 591 g/mol. The first kappa shape index (κ1) is 32.0. The van der Waals surface area contributed by atoms with E-state index in [0.717, 1.165) is 0 Å². The van der Waals surface area contributed by atoms with E-state index in [0.29, 0.717) is 0 Å². The maximum atomic E-state index is 14.6. The average Bonchev–Trinajstić information content (AvgIpc) is 3.31. The summed E-state index contributed by atoms with van der Waals surface area (Å²) in [7, 11) is 0. The van der Waals surface area contributed by atoms with Crippen molar-refractivity contribution in [3.8, 4) is 0 Å². The van der Waals surface area contributed by atoms with Crippen molar-refractivity contribution >= 4 is 11.9 Å². The van der Waals surface area contributed by atoms with Gasteiger partial charge in [-0.3, -0.25) is 9.59 Å². The first-order valence-electron chi connectivity index (χ1n) is 9.65. The molecule has 0 aromatic rings. The minimum absolute atomic E-state index is 1.02. The molecule has 4 nitrogen and oxygen atoms in total. The zero-order valence-electron chi connectivity index (χ0n) is 17.4. The fourth-order valence-corrected chi connectivity index (χ4v) is 4.88. The zero-order chi connectivity index (χ0) is 30.5. The first-order chi connectivity index (χ1) is 16.5. The summed E-state index contributed by atoms with van der Waals surface area (Å²) in [6.07, 6.45) is -10.5. The molecule has 2 aliphatic rings. The molecule has 5 atom stereocenters. The van der Waals surface area contributed by atoms with Crippen molar-refractivity contribution in [2.24, 2.45) is 29.6 Å². The van der Waals surface area contributed by atoms with Gasteiger partial charge in [0.15, 0.2) is 0 Å². The van der Waals surface area contributed by atoms with Crippen LogP contribution in [0, 0.1) is 29.6 Å². The van der Waals surface area contributed by atoms with Crippen LogP contribution in [-0.4, -0.2) is 69.8 Å². The largest absolute Gasteiger partial charge is 0.481 e. The van der Waals surface area contributed by atoms with Gasteiger partial charge in [-0.15, -0.1) is 0 Å². The van der Waals surface area contributed by atoms with Crippen molar-refractivity contribution in [3.63, 3.8) is 0 Å². The molecule has 21 heteroatoms. The molecule has 0 aliphatic heterocycles. The second kappa shape index (κ2) is 8.37. The predicted molar refractivity (Wildman–Crippen MR) is 82.6 cm³/mol. The average molecular weight is 602 g/mol. The fraction of sp³-hybridized carbons (Fsp3) is 0.882. The van der Waals surface area contributed by atoms with Crippen molar-refractivity contribution in [1.82, 2.24) is 0 Å². The maximum absolute atomic E-state index is 14.6. The van der Waals surface area contributed by atoms with Crippen LogP contribution in [0.1, 0.15) is 12.8 Å². The molecule has 222 valence electrons. The predicted octanol–water partition coefficient (Wildman–Crippen LogP) is 6.05. The fourth-order valence-electron chi connectivity index (χ4n) is 4.88. The molecule has 0 saturated heterocycles. The van der Waals surface area contributed by atoms with E-state index in [2.05, 4.69) is 0 Å². The third-order valence-electron chi connectivity index (χ3n) is 6.79. The minimum atomic E-state index is -8.76. The van der Waals surface area contributed by atoms with E-state index in [9.17, 15) is 84.2 Å². The number of carboxylic acid groups (broad SMARTS) is 2. The van der Waals surface area contributed by atoms with Crippen LogP contribution in [0.25, 0.3) is 0 Å². The Bertz CT molecular complexity index is 972. The van der Waals surface area contributed by atoms with Crippen LogP contribution in [-0.2, 0) is 9.59 Å². The number of rotatable bonds is 9. The summed E-state index contributed by atoms with van der Waals surface area (Å²) in [4.78, 5) is 22.5. The number of carboxylic acids is 2. The molecule has 0 amide bonds. The Balaban J connectivity index is 2.59. The molecule has 2 bridgehead atoms. The highest BCUT2D eigenvalue weighted by Crippen LogP contribution is 2.68. The van der Waals surface area contributed by atoms with Gasteiger partial charge >= 0.3 is 59.6 Å². The van der Waals surface area contributed by atoms with Gasteiger partial charge in [-0.2, -0.15) is 74.6 Å². The molecule has 5 unspecified atom stereocenters. The van der Waals surface area contributed by atoms with Crippen molar-refractivity contribution < 1.29 is 94.4 Å². The van der Waals surface area contributed by atoms with Crippen LogP contribution in [0.2, 0.25) is 0 Å². The molecule has 38 heavy (non-hydrogen) atoms. The van der Waals surface area contributed by atoms with Gasteiger partial charge in [0.05, 0.1) is 11.8 Å². The molecule has 0 aromatic heterocycles. The molecule has 2 saturated carbocycles. The summed E-state index contributed by atoms with van der Waals surface area (Å²) >= 11 is 0. The third-order valence-corrected chi connectivity index (χ3v) is 6.79. The van der Waals surface area contributed by atoms with Crippen LogP contribution in [0.5, 0.6) is 0 Å². The lowest BCUT2D eigenvalue weighted by Gasteiger charge is -2.45. The summed E-state index contributed by atoms with van der Waals surface area (Å²) in [5.74, 6) is -74.1. The van der Waals surface area contributed by atoms with Crippen molar-refractivity contribution in [3.05, 3.63) is 0 Å². The molecule has 0 heterocycles. The van der Waals surface area contributed by atoms with E-state index in [1.165, 1.54) is 0 Å². The van der Waals surface area contributed by atoms with E-state index in [-0.39, 0.29) is 0 Å². The molecule has 2 rings (SSSR count). The Morgan fingerprint density at radius 3 is 1.18 bits per heavy atom. The van der Waals surface area contributed by atoms with Crippen molar-refractivity contribution in [2.45, 2.75) is 60.5 Å². The SMILES string of the molecule is O=C(O)C1C2CC(C1C(=O)O)C(C(F)(F)C(F)(F)C(F)(F)C(F)(F)C(F)(F)C(F)(F)C(F)(F)C(F)(F)F)C2. The van der Waals surface area contributed by atoms with Gasteiger partial charge in [-0.05, 0) is 24.7 Å². The molecule has 0 aromatic carbocycles. The van der Waals surface area contributed by atoms with E-state index in [1.54, 1.807) is 0 Å². The van der Waals surface area contributed by atoms with E-state index < -0.39 is 102 Å². The number of hydrogen-bond acceptors (Lipinski definition) is 2. The van der Waals surface area contributed by atoms with Crippen LogP contribution in [0.3, 0.4) is 0 Å². The highest BCUT2D eigenvalue weighted by molar-refractivity contribution is 5.81. The highest BCUT2D eigenvalue weighted by atomic mass is 19.4. The van der Waals surface area contributed by atoms with E-state index >= 15 is 0 Å². The molecular formula is C17H11F17O4. The number of carbonyl (C=O) groups is 2. The summed E-state index contributed by atoms with van der Waals surface area (Å²) in [6.45, 7) is 0. The monoisotopic (exact) mass is 602 g/mol. The molecule has 0 radical (unpaired) electrons. The van der Waals surface area contributed by atoms with Crippen LogP contribution >= 0.6 is 0 Å². The molecule has 2 fully saturated rings. The zero-order valence-corrected chi connectivity index (χ0v) is 17.4. The third kappa shape index (κ3) is 3.71. The van der Waals surface area contributed by atoms with Gasteiger partial charge in [0.1, 0.15) is 0 Å².